The molecule has 0 amide bonds. The first-order valence-corrected chi connectivity index (χ1v) is 8.04. The van der Waals surface area contributed by atoms with Crippen LogP contribution in [-0.2, 0) is 28.4 Å². The third-order valence-corrected chi connectivity index (χ3v) is 4.29. The largest absolute Gasteiger partial charge is 0.369 e. The summed E-state index contributed by atoms with van der Waals surface area (Å²) in [6.07, 6.45) is 7.09. The minimum absolute atomic E-state index is 0.237. The van der Waals surface area contributed by atoms with Crippen molar-refractivity contribution in [2.45, 2.75) is 70.0 Å². The third kappa shape index (κ3) is 3.17. The van der Waals surface area contributed by atoms with Crippen molar-refractivity contribution >= 4 is 0 Å². The Balaban J connectivity index is 1.45. The number of hydrogen-bond acceptors (Lipinski definition) is 6. The van der Waals surface area contributed by atoms with Crippen LogP contribution in [0.3, 0.4) is 0 Å². The van der Waals surface area contributed by atoms with Crippen LogP contribution < -0.4 is 0 Å². The summed E-state index contributed by atoms with van der Waals surface area (Å²) in [7, 11) is 0. The maximum Gasteiger partial charge on any atom is 0.190 e. The van der Waals surface area contributed by atoms with Crippen LogP contribution in [0.4, 0.5) is 0 Å². The Hall–Kier alpha value is -0.240. The first-order chi connectivity index (χ1) is 10.8. The lowest BCUT2D eigenvalue weighted by Gasteiger charge is -2.43. The Kier molecular flexibility index (Phi) is 3.99. The Labute approximate surface area is 137 Å². The molecule has 6 heteroatoms. The minimum atomic E-state index is -0.727. The lowest BCUT2D eigenvalue weighted by molar-refractivity contribution is -0.347. The molecule has 1 saturated carbocycles. The SMILES string of the molecule is CC1(C)O[C@H]2O[C@H]3[C@H](OC(C)(C)O[C@H]3CO[C]3[CH][CH][CH][CH]3)[C@H]2O1. The second-order valence-corrected chi connectivity index (χ2v) is 7.14. The van der Waals surface area contributed by atoms with E-state index in [4.69, 9.17) is 28.4 Å². The lowest BCUT2D eigenvalue weighted by atomic mass is 10.0. The fraction of sp³-hybridized carbons (Fsp3) is 0.706. The van der Waals surface area contributed by atoms with Crippen molar-refractivity contribution in [2.75, 3.05) is 6.61 Å². The van der Waals surface area contributed by atoms with Crippen LogP contribution in [0.5, 0.6) is 0 Å². The van der Waals surface area contributed by atoms with Crippen molar-refractivity contribution in [3.8, 4) is 0 Å². The third-order valence-electron chi connectivity index (χ3n) is 4.29. The molecule has 5 radical (unpaired) electrons. The van der Waals surface area contributed by atoms with E-state index in [1.807, 2.05) is 53.4 Å². The summed E-state index contributed by atoms with van der Waals surface area (Å²) in [6, 6.07) is 0. The molecular formula is C17H23O6. The zero-order valence-electron chi connectivity index (χ0n) is 13.9. The molecule has 0 bridgehead atoms. The van der Waals surface area contributed by atoms with Crippen molar-refractivity contribution in [1.82, 2.24) is 0 Å². The van der Waals surface area contributed by atoms with Gasteiger partial charge in [-0.05, 0) is 40.5 Å². The molecule has 23 heavy (non-hydrogen) atoms. The van der Waals surface area contributed by atoms with Gasteiger partial charge in [-0.2, -0.15) is 0 Å². The van der Waals surface area contributed by atoms with E-state index in [-0.39, 0.29) is 24.4 Å². The first-order valence-electron chi connectivity index (χ1n) is 8.04. The molecule has 4 fully saturated rings. The molecule has 0 aromatic carbocycles. The predicted octanol–water partition coefficient (Wildman–Crippen LogP) is 1.76. The average Bonchev–Trinajstić information content (AvgIpc) is 3.11. The van der Waals surface area contributed by atoms with Gasteiger partial charge in [-0.15, -0.1) is 0 Å². The standard InChI is InChI=1S/C17H23O6/c1-16(2)20-11(9-18-10-7-5-6-8-10)12-13(21-16)14-15(19-12)23-17(3,4)22-14/h5-8,11-15H,9H2,1-4H3/t11-,12+,13-,14+,15+/m0/s1. The van der Waals surface area contributed by atoms with Crippen molar-refractivity contribution < 1.29 is 28.4 Å². The Bertz CT molecular complexity index is 444. The van der Waals surface area contributed by atoms with Crippen LogP contribution >= 0.6 is 0 Å². The van der Waals surface area contributed by atoms with Crippen molar-refractivity contribution in [1.29, 1.82) is 0 Å². The molecule has 0 unspecified atom stereocenters. The van der Waals surface area contributed by atoms with E-state index in [0.29, 0.717) is 6.61 Å². The highest BCUT2D eigenvalue weighted by Crippen LogP contribution is 2.44. The van der Waals surface area contributed by atoms with E-state index in [0.717, 1.165) is 6.10 Å². The second-order valence-electron chi connectivity index (χ2n) is 7.14. The molecular weight excluding hydrogens is 300 g/mol. The number of hydrogen-bond donors (Lipinski definition) is 0. The van der Waals surface area contributed by atoms with Crippen LogP contribution in [0.2, 0.25) is 0 Å². The van der Waals surface area contributed by atoms with Gasteiger partial charge in [0.05, 0.1) is 6.61 Å². The Morgan fingerprint density at radius 1 is 0.870 bits per heavy atom. The maximum absolute atomic E-state index is 6.06. The summed E-state index contributed by atoms with van der Waals surface area (Å²) in [5, 5.41) is 0. The summed E-state index contributed by atoms with van der Waals surface area (Å²) in [4.78, 5) is 0. The van der Waals surface area contributed by atoms with E-state index in [1.54, 1.807) is 0 Å². The average molecular weight is 323 g/mol. The molecule has 0 N–H and O–H groups in total. The summed E-state index contributed by atoms with van der Waals surface area (Å²) < 4.78 is 35.7. The summed E-state index contributed by atoms with van der Waals surface area (Å²) >= 11 is 0. The number of fused-ring (bicyclic) bond motifs is 3. The van der Waals surface area contributed by atoms with Crippen LogP contribution in [-0.4, -0.2) is 48.9 Å². The van der Waals surface area contributed by atoms with Gasteiger partial charge in [-0.25, -0.2) is 0 Å². The molecule has 5 atom stereocenters. The van der Waals surface area contributed by atoms with Gasteiger partial charge < -0.3 is 28.4 Å². The highest BCUT2D eigenvalue weighted by molar-refractivity contribution is 5.31. The quantitative estimate of drug-likeness (QED) is 0.789. The van der Waals surface area contributed by atoms with Crippen LogP contribution in [0, 0.1) is 31.8 Å². The zero-order chi connectivity index (χ0) is 16.2. The van der Waals surface area contributed by atoms with Gasteiger partial charge in [-0.1, -0.05) is 0 Å². The Morgan fingerprint density at radius 2 is 1.52 bits per heavy atom. The molecule has 0 spiro atoms. The van der Waals surface area contributed by atoms with E-state index >= 15 is 0 Å². The van der Waals surface area contributed by atoms with Crippen molar-refractivity contribution in [3.63, 3.8) is 0 Å². The monoisotopic (exact) mass is 323 g/mol. The van der Waals surface area contributed by atoms with Crippen LogP contribution in [0.15, 0.2) is 0 Å². The van der Waals surface area contributed by atoms with E-state index in [9.17, 15) is 0 Å². The highest BCUT2D eigenvalue weighted by Gasteiger charge is 2.61. The van der Waals surface area contributed by atoms with Gasteiger partial charge in [0, 0.05) is 12.8 Å². The van der Waals surface area contributed by atoms with Gasteiger partial charge in [0.25, 0.3) is 0 Å². The van der Waals surface area contributed by atoms with Gasteiger partial charge in [0.1, 0.15) is 30.5 Å². The van der Waals surface area contributed by atoms with Gasteiger partial charge in [-0.3, -0.25) is 0 Å². The number of ether oxygens (including phenoxy) is 6. The van der Waals surface area contributed by atoms with Crippen LogP contribution in [0.25, 0.3) is 0 Å². The minimum Gasteiger partial charge on any atom is -0.369 e. The fourth-order valence-electron chi connectivity index (χ4n) is 3.48. The molecule has 6 nitrogen and oxygen atoms in total. The van der Waals surface area contributed by atoms with Gasteiger partial charge in [0.2, 0.25) is 0 Å². The fourth-order valence-corrected chi connectivity index (χ4v) is 3.48. The predicted molar refractivity (Wildman–Crippen MR) is 78.9 cm³/mol. The molecule has 3 heterocycles. The Morgan fingerprint density at radius 3 is 2.26 bits per heavy atom. The van der Waals surface area contributed by atoms with Gasteiger partial charge >= 0.3 is 0 Å². The molecule has 0 aromatic rings. The molecule has 4 aliphatic rings. The van der Waals surface area contributed by atoms with Gasteiger partial charge in [0.15, 0.2) is 17.9 Å². The topological polar surface area (TPSA) is 55.4 Å². The molecule has 0 aromatic heterocycles. The van der Waals surface area contributed by atoms with E-state index in [2.05, 4.69) is 0 Å². The molecule has 3 aliphatic heterocycles. The van der Waals surface area contributed by atoms with Crippen LogP contribution in [0.1, 0.15) is 27.7 Å². The van der Waals surface area contributed by atoms with E-state index in [1.165, 1.54) is 0 Å². The summed E-state index contributed by atoms with van der Waals surface area (Å²) in [5.74, 6) is -1.39. The van der Waals surface area contributed by atoms with Crippen molar-refractivity contribution in [3.05, 3.63) is 31.8 Å². The van der Waals surface area contributed by atoms with E-state index < -0.39 is 17.9 Å². The molecule has 127 valence electrons. The lowest BCUT2D eigenvalue weighted by Crippen LogP contribution is -2.57. The zero-order valence-corrected chi connectivity index (χ0v) is 13.9. The first kappa shape index (κ1) is 16.2. The van der Waals surface area contributed by atoms with Crippen molar-refractivity contribution in [2.24, 2.45) is 0 Å². The summed E-state index contributed by atoms with van der Waals surface area (Å²) in [6.45, 7) is 7.94. The molecule has 3 saturated heterocycles. The molecule has 4 rings (SSSR count). The maximum atomic E-state index is 6.06. The molecule has 1 aliphatic carbocycles. The highest BCUT2D eigenvalue weighted by atomic mass is 16.9. The summed E-state index contributed by atoms with van der Waals surface area (Å²) in [5.41, 5.74) is 0. The smallest absolute Gasteiger partial charge is 0.190 e. The normalized spacial score (nSPS) is 45.1. The number of rotatable bonds is 3. The second kappa shape index (κ2) is 5.64.